The van der Waals surface area contributed by atoms with Gasteiger partial charge in [-0.2, -0.15) is 0 Å². The maximum atomic E-state index is 3.81. The van der Waals surface area contributed by atoms with Crippen LogP contribution in [0.1, 0.15) is 37.8 Å². The van der Waals surface area contributed by atoms with Crippen LogP contribution in [0.15, 0.2) is 35.3 Å². The summed E-state index contributed by atoms with van der Waals surface area (Å²) in [7, 11) is 0. The summed E-state index contributed by atoms with van der Waals surface area (Å²) in [6.07, 6.45) is 5.29. The van der Waals surface area contributed by atoms with Crippen LogP contribution >= 0.6 is 38.5 Å². The highest BCUT2D eigenvalue weighted by atomic mass is 127. The van der Waals surface area contributed by atoms with Gasteiger partial charge in [-0.25, -0.2) is 0 Å². The van der Waals surface area contributed by atoms with Crippen LogP contribution in [0, 0.1) is 3.57 Å². The quantitative estimate of drug-likeness (QED) is 0.492. The highest BCUT2D eigenvalue weighted by molar-refractivity contribution is 14.1. The van der Waals surface area contributed by atoms with Gasteiger partial charge in [-0.3, -0.25) is 0 Å². The van der Waals surface area contributed by atoms with Gasteiger partial charge in [0, 0.05) is 14.1 Å². The van der Waals surface area contributed by atoms with Crippen molar-refractivity contribution in [3.63, 3.8) is 0 Å². The molecule has 0 aliphatic rings. The molecule has 94 valence electrons. The van der Waals surface area contributed by atoms with Crippen molar-refractivity contribution < 1.29 is 0 Å². The zero-order valence-corrected chi connectivity index (χ0v) is 13.9. The van der Waals surface area contributed by atoms with Crippen molar-refractivity contribution in [2.75, 3.05) is 6.54 Å². The van der Waals surface area contributed by atoms with E-state index in [-0.39, 0.29) is 0 Å². The Morgan fingerprint density at radius 3 is 2.94 bits per heavy atom. The second kappa shape index (κ2) is 8.27. The van der Waals surface area contributed by atoms with E-state index >= 15 is 0 Å². The standard InChI is InChI=1S/C14H19BrIN/c1-3-5-6-14(17-9-4-2)12-10-11(16)7-8-13(12)15/h3,7-8,10,14,17H,1,4-6,9H2,2H3. The molecule has 0 aliphatic carbocycles. The lowest BCUT2D eigenvalue weighted by molar-refractivity contribution is 0.501. The molecule has 0 aliphatic heterocycles. The molecular weight excluding hydrogens is 389 g/mol. The molecule has 1 atom stereocenters. The van der Waals surface area contributed by atoms with Crippen LogP contribution in [0.4, 0.5) is 0 Å². The van der Waals surface area contributed by atoms with Gasteiger partial charge in [0.05, 0.1) is 0 Å². The first kappa shape index (κ1) is 15.2. The fourth-order valence-corrected chi connectivity index (χ4v) is 2.79. The molecule has 1 unspecified atom stereocenters. The average molecular weight is 408 g/mol. The van der Waals surface area contributed by atoms with Gasteiger partial charge >= 0.3 is 0 Å². The van der Waals surface area contributed by atoms with Crippen LogP contribution in [0.2, 0.25) is 0 Å². The maximum absolute atomic E-state index is 3.81. The molecule has 1 rings (SSSR count). The van der Waals surface area contributed by atoms with E-state index in [0.717, 1.165) is 25.8 Å². The Balaban J connectivity index is 2.85. The Morgan fingerprint density at radius 1 is 1.53 bits per heavy atom. The van der Waals surface area contributed by atoms with Gasteiger partial charge in [0.1, 0.15) is 0 Å². The van der Waals surface area contributed by atoms with Gasteiger partial charge in [-0.05, 0) is 72.2 Å². The zero-order chi connectivity index (χ0) is 12.7. The lowest BCUT2D eigenvalue weighted by Gasteiger charge is -2.20. The summed E-state index contributed by atoms with van der Waals surface area (Å²) in [6, 6.07) is 6.92. The number of halogens is 2. The second-order valence-electron chi connectivity index (χ2n) is 4.04. The highest BCUT2D eigenvalue weighted by Crippen LogP contribution is 2.28. The first-order chi connectivity index (χ1) is 8.19. The molecule has 1 aromatic carbocycles. The number of allylic oxidation sites excluding steroid dienone is 1. The summed E-state index contributed by atoms with van der Waals surface area (Å²) in [4.78, 5) is 0. The van der Waals surface area contributed by atoms with Gasteiger partial charge in [-0.1, -0.05) is 28.9 Å². The normalized spacial score (nSPS) is 12.4. The van der Waals surface area contributed by atoms with E-state index in [1.54, 1.807) is 0 Å². The van der Waals surface area contributed by atoms with Gasteiger partial charge in [0.25, 0.3) is 0 Å². The topological polar surface area (TPSA) is 12.0 Å². The molecule has 0 saturated heterocycles. The van der Waals surface area contributed by atoms with E-state index in [2.05, 4.69) is 75.5 Å². The summed E-state index contributed by atoms with van der Waals surface area (Å²) in [5, 5.41) is 3.61. The van der Waals surface area contributed by atoms with Crippen LogP contribution in [0.3, 0.4) is 0 Å². The Labute approximate surface area is 126 Å². The number of rotatable bonds is 7. The largest absolute Gasteiger partial charge is 0.310 e. The summed E-state index contributed by atoms with van der Waals surface area (Å²) in [6.45, 7) is 7.06. The predicted octanol–water partition coefficient (Wildman–Crippen LogP) is 5.06. The molecule has 0 amide bonds. The van der Waals surface area contributed by atoms with Crippen molar-refractivity contribution in [2.24, 2.45) is 0 Å². The fraction of sp³-hybridized carbons (Fsp3) is 0.429. The molecule has 0 fully saturated rings. The van der Waals surface area contributed by atoms with Crippen LogP contribution in [-0.4, -0.2) is 6.54 Å². The third-order valence-electron chi connectivity index (χ3n) is 2.63. The Morgan fingerprint density at radius 2 is 2.29 bits per heavy atom. The maximum Gasteiger partial charge on any atom is 0.0334 e. The molecule has 17 heavy (non-hydrogen) atoms. The molecule has 0 spiro atoms. The van der Waals surface area contributed by atoms with Gasteiger partial charge in [0.2, 0.25) is 0 Å². The molecule has 3 heteroatoms. The van der Waals surface area contributed by atoms with Crippen molar-refractivity contribution in [1.29, 1.82) is 0 Å². The van der Waals surface area contributed by atoms with Crippen molar-refractivity contribution in [3.8, 4) is 0 Å². The second-order valence-corrected chi connectivity index (χ2v) is 6.14. The smallest absolute Gasteiger partial charge is 0.0334 e. The van der Waals surface area contributed by atoms with Gasteiger partial charge in [-0.15, -0.1) is 6.58 Å². The van der Waals surface area contributed by atoms with E-state index in [9.17, 15) is 0 Å². The third-order valence-corrected chi connectivity index (χ3v) is 4.03. The lowest BCUT2D eigenvalue weighted by atomic mass is 10.0. The van der Waals surface area contributed by atoms with Crippen molar-refractivity contribution in [3.05, 3.63) is 44.5 Å². The molecular formula is C14H19BrIN. The lowest BCUT2D eigenvalue weighted by Crippen LogP contribution is -2.22. The van der Waals surface area contributed by atoms with Crippen molar-refractivity contribution >= 4 is 38.5 Å². The van der Waals surface area contributed by atoms with Crippen molar-refractivity contribution in [1.82, 2.24) is 5.32 Å². The average Bonchev–Trinajstić information content (AvgIpc) is 2.33. The number of hydrogen-bond acceptors (Lipinski definition) is 1. The van der Waals surface area contributed by atoms with E-state index in [1.807, 2.05) is 6.08 Å². The first-order valence-corrected chi connectivity index (χ1v) is 7.85. The van der Waals surface area contributed by atoms with Crippen LogP contribution in [-0.2, 0) is 0 Å². The van der Waals surface area contributed by atoms with E-state index < -0.39 is 0 Å². The Bertz CT molecular complexity index is 365. The van der Waals surface area contributed by atoms with E-state index in [4.69, 9.17) is 0 Å². The monoisotopic (exact) mass is 407 g/mol. The van der Waals surface area contributed by atoms with E-state index in [1.165, 1.54) is 13.6 Å². The molecule has 0 aromatic heterocycles. The highest BCUT2D eigenvalue weighted by Gasteiger charge is 2.13. The minimum Gasteiger partial charge on any atom is -0.310 e. The van der Waals surface area contributed by atoms with Gasteiger partial charge < -0.3 is 5.32 Å². The fourth-order valence-electron chi connectivity index (χ4n) is 1.75. The molecule has 1 N–H and O–H groups in total. The molecule has 0 radical (unpaired) electrons. The first-order valence-electron chi connectivity index (χ1n) is 5.98. The van der Waals surface area contributed by atoms with Crippen LogP contribution in [0.5, 0.6) is 0 Å². The van der Waals surface area contributed by atoms with Crippen LogP contribution in [0.25, 0.3) is 0 Å². The molecule has 0 heterocycles. The summed E-state index contributed by atoms with van der Waals surface area (Å²) in [5.74, 6) is 0. The summed E-state index contributed by atoms with van der Waals surface area (Å²) < 4.78 is 2.47. The van der Waals surface area contributed by atoms with Crippen molar-refractivity contribution in [2.45, 2.75) is 32.2 Å². The zero-order valence-electron chi connectivity index (χ0n) is 10.2. The van der Waals surface area contributed by atoms with Crippen LogP contribution < -0.4 is 5.32 Å². The number of hydrogen-bond donors (Lipinski definition) is 1. The van der Waals surface area contributed by atoms with E-state index in [0.29, 0.717) is 6.04 Å². The number of nitrogens with one attached hydrogen (secondary N) is 1. The number of benzene rings is 1. The Kier molecular flexibility index (Phi) is 7.39. The Hall–Kier alpha value is 0.130. The molecule has 1 aromatic rings. The SMILES string of the molecule is C=CCCC(NCCC)c1cc(I)ccc1Br. The summed E-state index contributed by atoms with van der Waals surface area (Å²) in [5.41, 5.74) is 1.35. The minimum atomic E-state index is 0.414. The minimum absolute atomic E-state index is 0.414. The molecule has 0 saturated carbocycles. The summed E-state index contributed by atoms with van der Waals surface area (Å²) >= 11 is 6.01. The molecule has 0 bridgehead atoms. The van der Waals surface area contributed by atoms with Gasteiger partial charge in [0.15, 0.2) is 0 Å². The predicted molar refractivity (Wildman–Crippen MR) is 87.3 cm³/mol. The third kappa shape index (κ3) is 5.10. The molecule has 1 nitrogen and oxygen atoms in total.